The molecule has 3 nitrogen and oxygen atoms in total. The minimum Gasteiger partial charge on any atom is -0.466 e. The Balaban J connectivity index is 0.00000128. The van der Waals surface area contributed by atoms with Gasteiger partial charge in [-0.3, -0.25) is 4.79 Å². The fraction of sp³-hybridized carbons (Fsp3) is 0.545. The topological polar surface area (TPSA) is 38.3 Å². The van der Waals surface area contributed by atoms with E-state index in [9.17, 15) is 4.79 Å². The van der Waals surface area contributed by atoms with Crippen LogP contribution >= 0.6 is 23.7 Å². The average Bonchev–Trinajstić information content (AvgIpc) is 2.59. The lowest BCUT2D eigenvalue weighted by Gasteiger charge is -2.10. The molecule has 1 aromatic rings. The van der Waals surface area contributed by atoms with Crippen LogP contribution < -0.4 is 5.32 Å². The Morgan fingerprint density at radius 2 is 2.44 bits per heavy atom. The van der Waals surface area contributed by atoms with E-state index < -0.39 is 0 Å². The lowest BCUT2D eigenvalue weighted by molar-refractivity contribution is -0.142. The summed E-state index contributed by atoms with van der Waals surface area (Å²) in [7, 11) is 0. The number of carbonyl (C=O) groups is 1. The molecule has 1 aliphatic heterocycles. The van der Waals surface area contributed by atoms with Crippen LogP contribution in [0, 0.1) is 0 Å². The van der Waals surface area contributed by atoms with Gasteiger partial charge in [-0.25, -0.2) is 0 Å². The molecule has 0 bridgehead atoms. The SMILES string of the molecule is CCOC(=O)Cc1cc2c(s1)CCNC2.Cl. The molecule has 5 heteroatoms. The van der Waals surface area contributed by atoms with Crippen molar-refractivity contribution in [2.45, 2.75) is 26.3 Å². The van der Waals surface area contributed by atoms with Crippen molar-refractivity contribution in [3.8, 4) is 0 Å². The van der Waals surface area contributed by atoms with Crippen LogP contribution in [-0.2, 0) is 28.9 Å². The number of thiophene rings is 1. The maximum Gasteiger partial charge on any atom is 0.311 e. The second-order valence-electron chi connectivity index (χ2n) is 3.57. The molecule has 0 amide bonds. The summed E-state index contributed by atoms with van der Waals surface area (Å²) in [6, 6.07) is 2.13. The summed E-state index contributed by atoms with van der Waals surface area (Å²) in [5, 5.41) is 3.32. The summed E-state index contributed by atoms with van der Waals surface area (Å²) in [6.45, 7) is 4.29. The van der Waals surface area contributed by atoms with Gasteiger partial charge in [0.05, 0.1) is 13.0 Å². The summed E-state index contributed by atoms with van der Waals surface area (Å²) in [5.74, 6) is -0.121. The van der Waals surface area contributed by atoms with Crippen LogP contribution in [0.25, 0.3) is 0 Å². The van der Waals surface area contributed by atoms with Gasteiger partial charge in [0.2, 0.25) is 0 Å². The molecular formula is C11H16ClNO2S. The van der Waals surface area contributed by atoms with Crippen molar-refractivity contribution < 1.29 is 9.53 Å². The highest BCUT2D eigenvalue weighted by molar-refractivity contribution is 7.12. The molecular weight excluding hydrogens is 246 g/mol. The number of rotatable bonds is 3. The Hall–Kier alpha value is -0.580. The van der Waals surface area contributed by atoms with E-state index in [4.69, 9.17) is 4.74 Å². The first-order valence-electron chi connectivity index (χ1n) is 5.26. The molecule has 0 atom stereocenters. The second kappa shape index (κ2) is 6.23. The number of halogens is 1. The molecule has 1 aliphatic rings. The second-order valence-corrected chi connectivity index (χ2v) is 4.79. The highest BCUT2D eigenvalue weighted by atomic mass is 35.5. The van der Waals surface area contributed by atoms with E-state index in [0.29, 0.717) is 13.0 Å². The summed E-state index contributed by atoms with van der Waals surface area (Å²) >= 11 is 1.75. The average molecular weight is 262 g/mol. The van der Waals surface area contributed by atoms with Gasteiger partial charge in [0.1, 0.15) is 0 Å². The first-order chi connectivity index (χ1) is 7.29. The van der Waals surface area contributed by atoms with Gasteiger partial charge in [0, 0.05) is 22.8 Å². The van der Waals surface area contributed by atoms with Gasteiger partial charge in [0.15, 0.2) is 0 Å². The third-order valence-corrected chi connectivity index (χ3v) is 3.65. The Bertz CT molecular complexity index is 341. The molecule has 0 spiro atoms. The number of esters is 1. The molecule has 0 saturated carbocycles. The molecule has 0 radical (unpaired) electrons. The molecule has 0 fully saturated rings. The lowest BCUT2D eigenvalue weighted by Crippen LogP contribution is -2.21. The van der Waals surface area contributed by atoms with Crippen LogP contribution in [0.1, 0.15) is 22.2 Å². The Morgan fingerprint density at radius 3 is 3.12 bits per heavy atom. The minimum absolute atomic E-state index is 0. The van der Waals surface area contributed by atoms with Gasteiger partial charge in [-0.15, -0.1) is 23.7 Å². The summed E-state index contributed by atoms with van der Waals surface area (Å²) in [5.41, 5.74) is 1.35. The predicted octanol–water partition coefficient (Wildman–Crippen LogP) is 1.92. The van der Waals surface area contributed by atoms with Gasteiger partial charge in [-0.1, -0.05) is 0 Å². The molecule has 90 valence electrons. The Labute approximate surface area is 106 Å². The van der Waals surface area contributed by atoms with Crippen LogP contribution in [0.15, 0.2) is 6.07 Å². The zero-order valence-electron chi connectivity index (χ0n) is 9.25. The first kappa shape index (κ1) is 13.5. The fourth-order valence-electron chi connectivity index (χ4n) is 1.76. The summed E-state index contributed by atoms with van der Waals surface area (Å²) < 4.78 is 4.93. The maximum atomic E-state index is 11.3. The van der Waals surface area contributed by atoms with E-state index in [1.807, 2.05) is 6.92 Å². The molecule has 1 aromatic heterocycles. The predicted molar refractivity (Wildman–Crippen MR) is 67.3 cm³/mol. The van der Waals surface area contributed by atoms with Crippen LogP contribution in [0.3, 0.4) is 0 Å². The van der Waals surface area contributed by atoms with E-state index in [2.05, 4.69) is 11.4 Å². The summed E-state index contributed by atoms with van der Waals surface area (Å²) in [4.78, 5) is 13.8. The zero-order valence-corrected chi connectivity index (χ0v) is 10.9. The van der Waals surface area contributed by atoms with Gasteiger partial charge < -0.3 is 10.1 Å². The maximum absolute atomic E-state index is 11.3. The van der Waals surface area contributed by atoms with Crippen LogP contribution in [0.5, 0.6) is 0 Å². The lowest BCUT2D eigenvalue weighted by atomic mass is 10.1. The number of hydrogen-bond donors (Lipinski definition) is 1. The number of hydrogen-bond acceptors (Lipinski definition) is 4. The van der Waals surface area contributed by atoms with Gasteiger partial charge in [0.25, 0.3) is 0 Å². The van der Waals surface area contributed by atoms with Crippen molar-refractivity contribution in [1.82, 2.24) is 5.32 Å². The van der Waals surface area contributed by atoms with Crippen molar-refractivity contribution in [3.63, 3.8) is 0 Å². The van der Waals surface area contributed by atoms with E-state index in [1.54, 1.807) is 11.3 Å². The zero-order chi connectivity index (χ0) is 10.7. The highest BCUT2D eigenvalue weighted by Crippen LogP contribution is 2.25. The third-order valence-electron chi connectivity index (χ3n) is 2.42. The molecule has 2 rings (SSSR count). The molecule has 2 heterocycles. The van der Waals surface area contributed by atoms with Crippen molar-refractivity contribution >= 4 is 29.7 Å². The molecule has 16 heavy (non-hydrogen) atoms. The quantitative estimate of drug-likeness (QED) is 0.845. The van der Waals surface area contributed by atoms with E-state index in [-0.39, 0.29) is 18.4 Å². The number of fused-ring (bicyclic) bond motifs is 1. The van der Waals surface area contributed by atoms with Gasteiger partial charge in [-0.2, -0.15) is 0 Å². The number of carbonyl (C=O) groups excluding carboxylic acids is 1. The first-order valence-corrected chi connectivity index (χ1v) is 6.08. The molecule has 0 aliphatic carbocycles. The Morgan fingerprint density at radius 1 is 1.62 bits per heavy atom. The normalized spacial score (nSPS) is 13.8. The van der Waals surface area contributed by atoms with Crippen molar-refractivity contribution in [1.29, 1.82) is 0 Å². The van der Waals surface area contributed by atoms with Crippen molar-refractivity contribution in [3.05, 3.63) is 21.4 Å². The van der Waals surface area contributed by atoms with E-state index >= 15 is 0 Å². The van der Waals surface area contributed by atoms with Crippen LogP contribution in [0.4, 0.5) is 0 Å². The monoisotopic (exact) mass is 261 g/mol. The molecule has 0 unspecified atom stereocenters. The van der Waals surface area contributed by atoms with Crippen LogP contribution in [-0.4, -0.2) is 19.1 Å². The molecule has 1 N–H and O–H groups in total. The van der Waals surface area contributed by atoms with Crippen molar-refractivity contribution in [2.24, 2.45) is 0 Å². The standard InChI is InChI=1S/C11H15NO2S.ClH/c1-2-14-11(13)6-9-5-8-7-12-4-3-10(8)15-9;/h5,12H,2-4,6-7H2,1H3;1H. The number of nitrogens with one attached hydrogen (secondary N) is 1. The van der Waals surface area contributed by atoms with Gasteiger partial charge in [-0.05, 0) is 25.0 Å². The smallest absolute Gasteiger partial charge is 0.311 e. The summed E-state index contributed by atoms with van der Waals surface area (Å²) in [6.07, 6.45) is 1.51. The number of ether oxygens (including phenoxy) is 1. The highest BCUT2D eigenvalue weighted by Gasteiger charge is 2.14. The van der Waals surface area contributed by atoms with Crippen LogP contribution in [0.2, 0.25) is 0 Å². The molecule has 0 saturated heterocycles. The van der Waals surface area contributed by atoms with Crippen molar-refractivity contribution in [2.75, 3.05) is 13.2 Å². The largest absolute Gasteiger partial charge is 0.466 e. The third kappa shape index (κ3) is 3.20. The molecule has 0 aromatic carbocycles. The van der Waals surface area contributed by atoms with Gasteiger partial charge >= 0.3 is 5.97 Å². The minimum atomic E-state index is -0.121. The van der Waals surface area contributed by atoms with E-state index in [0.717, 1.165) is 24.4 Å². The Kier molecular flexibility index (Phi) is 5.25. The van der Waals surface area contributed by atoms with E-state index in [1.165, 1.54) is 10.4 Å². The fourth-order valence-corrected chi connectivity index (χ4v) is 2.93.